The third-order valence-corrected chi connectivity index (χ3v) is 15.3. The maximum absolute atomic E-state index is 14.7. The fourth-order valence-corrected chi connectivity index (χ4v) is 11.8. The van der Waals surface area contributed by atoms with Gasteiger partial charge < -0.3 is 49.2 Å². The van der Waals surface area contributed by atoms with Gasteiger partial charge in [-0.2, -0.15) is 20.0 Å². The van der Waals surface area contributed by atoms with E-state index in [0.29, 0.717) is 29.0 Å². The summed E-state index contributed by atoms with van der Waals surface area (Å²) in [6.07, 6.45) is 13.1. The van der Waals surface area contributed by atoms with E-state index in [1.807, 2.05) is 48.5 Å². The van der Waals surface area contributed by atoms with Gasteiger partial charge in [-0.25, -0.2) is 19.6 Å². The van der Waals surface area contributed by atoms with Crippen molar-refractivity contribution in [3.8, 4) is 22.5 Å². The molecule has 0 saturated carbocycles. The van der Waals surface area contributed by atoms with Gasteiger partial charge in [-0.05, 0) is 87.8 Å². The molecule has 0 spiro atoms. The monoisotopic (exact) mass is 961 g/mol. The molecular formula is C52H59N13O6. The number of nitrogens with one attached hydrogen (secondary N) is 2. The van der Waals surface area contributed by atoms with Crippen molar-refractivity contribution in [3.63, 3.8) is 0 Å². The van der Waals surface area contributed by atoms with Crippen LogP contribution in [-0.2, 0) is 18.9 Å². The van der Waals surface area contributed by atoms with E-state index in [-0.39, 0.29) is 48.8 Å². The predicted octanol–water partition coefficient (Wildman–Crippen LogP) is 6.27. The number of morpholine rings is 4. The molecule has 8 unspecified atom stereocenters. The molecule has 3 aromatic heterocycles. The maximum Gasteiger partial charge on any atom is 0.345 e. The molecule has 368 valence electrons. The van der Waals surface area contributed by atoms with Crippen molar-refractivity contribution < 1.29 is 28.5 Å². The quantitative estimate of drug-likeness (QED) is 0.158. The van der Waals surface area contributed by atoms with Gasteiger partial charge >= 0.3 is 12.1 Å². The van der Waals surface area contributed by atoms with Gasteiger partial charge in [0.25, 0.3) is 0 Å². The van der Waals surface area contributed by atoms with Crippen LogP contribution in [-0.4, -0.2) is 145 Å². The third kappa shape index (κ3) is 8.93. The van der Waals surface area contributed by atoms with E-state index in [4.69, 9.17) is 38.9 Å². The third-order valence-electron chi connectivity index (χ3n) is 15.3. The fourth-order valence-electron chi connectivity index (χ4n) is 11.8. The first-order chi connectivity index (χ1) is 34.8. The van der Waals surface area contributed by atoms with Gasteiger partial charge in [0.05, 0.1) is 71.6 Å². The van der Waals surface area contributed by atoms with E-state index in [1.54, 1.807) is 31.6 Å². The highest BCUT2D eigenvalue weighted by atomic mass is 16.5. The lowest BCUT2D eigenvalue weighted by Crippen LogP contribution is -2.55. The van der Waals surface area contributed by atoms with Gasteiger partial charge in [0.1, 0.15) is 11.6 Å². The predicted molar refractivity (Wildman–Crippen MR) is 268 cm³/mol. The minimum absolute atomic E-state index is 0.172. The van der Waals surface area contributed by atoms with Crippen LogP contribution in [0.15, 0.2) is 85.2 Å². The second kappa shape index (κ2) is 18.5. The Morgan fingerprint density at radius 3 is 1.20 bits per heavy atom. The molecule has 19 heteroatoms. The van der Waals surface area contributed by atoms with Crippen molar-refractivity contribution in [2.45, 2.75) is 100 Å². The highest BCUT2D eigenvalue weighted by Crippen LogP contribution is 2.38. The van der Waals surface area contributed by atoms with Crippen LogP contribution >= 0.6 is 0 Å². The summed E-state index contributed by atoms with van der Waals surface area (Å²) < 4.78 is 24.8. The first-order valence-corrected chi connectivity index (χ1v) is 25.4. The summed E-state index contributed by atoms with van der Waals surface area (Å²) in [5.41, 5.74) is 4.63. The molecule has 2 aromatic carbocycles. The molecule has 0 radical (unpaired) electrons. The molecule has 8 atom stereocenters. The topological polar surface area (TPSA) is 179 Å². The van der Waals surface area contributed by atoms with Crippen LogP contribution in [0.3, 0.4) is 0 Å². The Labute approximate surface area is 412 Å². The van der Waals surface area contributed by atoms with Crippen LogP contribution in [0.1, 0.15) is 51.4 Å². The molecule has 5 aromatic rings. The van der Waals surface area contributed by atoms with Crippen molar-refractivity contribution in [1.29, 1.82) is 0 Å². The molecular weight excluding hydrogens is 903 g/mol. The summed E-state index contributed by atoms with van der Waals surface area (Å²) in [7, 11) is 1.55. The van der Waals surface area contributed by atoms with Gasteiger partial charge in [0, 0.05) is 101 Å². The maximum atomic E-state index is 14.7. The number of hydrogen-bond donors (Lipinski definition) is 2. The van der Waals surface area contributed by atoms with E-state index in [9.17, 15) is 9.59 Å². The normalized spacial score (nSPS) is 27.2. The number of hydrogen-bond acceptors (Lipinski definition) is 15. The number of nitrogens with zero attached hydrogens (tertiary/aromatic N) is 11. The Morgan fingerprint density at radius 1 is 0.479 bits per heavy atom. The van der Waals surface area contributed by atoms with Crippen molar-refractivity contribution in [2.24, 2.45) is 0 Å². The smallest absolute Gasteiger partial charge is 0.345 e. The molecule has 0 aliphatic carbocycles. The lowest BCUT2D eigenvalue weighted by molar-refractivity contribution is 0.0291. The minimum atomic E-state index is -0.559. The molecule has 8 saturated heterocycles. The molecule has 4 amide bonds. The first kappa shape index (κ1) is 44.3. The van der Waals surface area contributed by atoms with Crippen LogP contribution in [0.2, 0.25) is 0 Å². The number of pyridine rings is 1. The number of amides is 4. The van der Waals surface area contributed by atoms with E-state index < -0.39 is 12.1 Å². The molecule has 19 nitrogen and oxygen atoms in total. The molecule has 11 heterocycles. The summed E-state index contributed by atoms with van der Waals surface area (Å²) in [6, 6.07) is 21.6. The van der Waals surface area contributed by atoms with Crippen molar-refractivity contribution >= 4 is 52.7 Å². The van der Waals surface area contributed by atoms with Crippen molar-refractivity contribution in [2.75, 3.05) is 94.3 Å². The second-order valence-corrected chi connectivity index (χ2v) is 20.2. The van der Waals surface area contributed by atoms with Gasteiger partial charge in [-0.1, -0.05) is 24.3 Å². The van der Waals surface area contributed by atoms with E-state index in [2.05, 4.69) is 47.3 Å². The molecule has 2 N–H and O–H groups in total. The van der Waals surface area contributed by atoms with Crippen molar-refractivity contribution in [1.82, 2.24) is 30.2 Å². The lowest BCUT2D eigenvalue weighted by atomic mass is 10.1. The van der Waals surface area contributed by atoms with Crippen LogP contribution < -0.4 is 40.3 Å². The SMILES string of the molecule is CNC(=O)N(c1ccc(-c2cc(N3CC4CCC(C3)O4)nc(N3CC4CCC(C3)O4)n2)cc1)N(C(=O)Nc1ccncc1)c1ccc(-c2cc(N3CC4CCC(C3)O4)nc(N3CC4CCC(C3)O4)n2)cc1. The molecule has 8 aliphatic heterocycles. The highest BCUT2D eigenvalue weighted by Gasteiger charge is 2.40. The molecule has 71 heavy (non-hydrogen) atoms. The summed E-state index contributed by atoms with van der Waals surface area (Å²) in [4.78, 5) is 63.0. The Bertz CT molecular complexity index is 2630. The van der Waals surface area contributed by atoms with Crippen LogP contribution in [0, 0.1) is 0 Å². The van der Waals surface area contributed by atoms with Gasteiger partial charge in [-0.3, -0.25) is 4.98 Å². The molecule has 8 bridgehead atoms. The van der Waals surface area contributed by atoms with E-state index in [1.165, 1.54) is 10.0 Å². The zero-order valence-corrected chi connectivity index (χ0v) is 39.9. The molecule has 8 fully saturated rings. The average Bonchev–Trinajstić information content (AvgIpc) is 4.16. The number of hydrazine groups is 1. The number of carbonyl (C=O) groups excluding carboxylic acids is 2. The average molecular weight is 962 g/mol. The molecule has 8 aliphatic rings. The summed E-state index contributed by atoms with van der Waals surface area (Å²) in [6.45, 7) is 6.11. The number of ether oxygens (including phenoxy) is 4. The first-order valence-electron chi connectivity index (χ1n) is 25.4. The Morgan fingerprint density at radius 2 is 0.831 bits per heavy atom. The summed E-state index contributed by atoms with van der Waals surface area (Å²) in [5.74, 6) is 3.11. The summed E-state index contributed by atoms with van der Waals surface area (Å²) >= 11 is 0. The lowest BCUT2D eigenvalue weighted by Gasteiger charge is -2.35. The molecule has 13 rings (SSSR count). The fraction of sp³-hybridized carbons (Fsp3) is 0.481. The van der Waals surface area contributed by atoms with Crippen LogP contribution in [0.25, 0.3) is 22.5 Å². The van der Waals surface area contributed by atoms with Gasteiger partial charge in [-0.15, -0.1) is 0 Å². The van der Waals surface area contributed by atoms with E-state index in [0.717, 1.165) is 138 Å². The number of carbonyl (C=O) groups is 2. The highest BCUT2D eigenvalue weighted by molar-refractivity contribution is 6.10. The number of fused-ring (bicyclic) bond motifs is 8. The Balaban J connectivity index is 0.839. The number of rotatable bonds is 9. The summed E-state index contributed by atoms with van der Waals surface area (Å²) in [5, 5.41) is 8.47. The number of aromatic nitrogens is 5. The van der Waals surface area contributed by atoms with Crippen LogP contribution in [0.5, 0.6) is 0 Å². The van der Waals surface area contributed by atoms with Crippen molar-refractivity contribution in [3.05, 3.63) is 85.2 Å². The largest absolute Gasteiger partial charge is 0.371 e. The Kier molecular flexibility index (Phi) is 11.5. The standard InChI is InChI=1S/C52H59N13O6/c1-53-51(66)64(35-6-2-32(3-7-35)45-22-47(60-24-37-10-11-38(25-60)68-37)58-49(56-45)62-28-41-14-15-42(29-62)70-41)65(52(67)55-34-18-20-54-21-19-34)36-8-4-33(5-9-36)46-23-48(61-26-39-12-13-40(27-61)69-39)59-50(57-46)63-30-43-16-17-44(31-63)71-43/h2-9,18-23,37-44H,10-17,24-31H2,1H3,(H,53,66)(H,54,55,67). The number of anilines is 7. The number of urea groups is 2. The van der Waals surface area contributed by atoms with Gasteiger partial charge in [0.2, 0.25) is 11.9 Å². The Hall–Kier alpha value is -6.67. The van der Waals surface area contributed by atoms with E-state index >= 15 is 0 Å². The zero-order valence-electron chi connectivity index (χ0n) is 39.9. The second-order valence-electron chi connectivity index (χ2n) is 20.2. The van der Waals surface area contributed by atoms with Crippen LogP contribution in [0.4, 0.5) is 50.2 Å². The zero-order chi connectivity index (χ0) is 47.6. The van der Waals surface area contributed by atoms with Gasteiger partial charge in [0.15, 0.2) is 0 Å². The minimum Gasteiger partial charge on any atom is -0.371 e. The number of benzene rings is 2.